The summed E-state index contributed by atoms with van der Waals surface area (Å²) in [6.45, 7) is 7.03. The van der Waals surface area contributed by atoms with Crippen LogP contribution in [0.15, 0.2) is 42.6 Å². The molecular weight excluding hydrogens is 557 g/mol. The molecule has 6 rings (SSSR count). The maximum atomic E-state index is 13.5. The zero-order valence-electron chi connectivity index (χ0n) is 23.9. The summed E-state index contributed by atoms with van der Waals surface area (Å²) < 4.78 is 15.6. The van der Waals surface area contributed by atoms with Gasteiger partial charge in [0.05, 0.1) is 35.1 Å². The standard InChI is InChI=1S/C30H36FN7O3S/c1-3-24-29(34(2)30-33-28(25(19-40)42-30)21-4-6-22(31)7-5-21)38-16-23(8-9-26(38)32-24)36-12-10-35(11-13-36)17-27(41)37-14-20(15-37)18-39/h4-9,16,20,39-40H,3,10-15,17-19H2,1-2H3. The van der Waals surface area contributed by atoms with Gasteiger partial charge in [-0.3, -0.25) is 14.1 Å². The lowest BCUT2D eigenvalue weighted by Gasteiger charge is -2.41. The fraction of sp³-hybridized carbons (Fsp3) is 0.433. The number of carbonyl (C=O) groups excluding carboxylic acids is 1. The monoisotopic (exact) mass is 593 g/mol. The summed E-state index contributed by atoms with van der Waals surface area (Å²) in [5, 5.41) is 20.0. The second-order valence-corrected chi connectivity index (χ2v) is 12.0. The van der Waals surface area contributed by atoms with Crippen molar-refractivity contribution in [2.45, 2.75) is 20.0 Å². The van der Waals surface area contributed by atoms with Crippen molar-refractivity contribution in [3.05, 3.63) is 59.0 Å². The number of aliphatic hydroxyl groups excluding tert-OH is 2. The van der Waals surface area contributed by atoms with E-state index >= 15 is 0 Å². The first kappa shape index (κ1) is 28.5. The number of aryl methyl sites for hydroxylation is 1. The first-order valence-corrected chi connectivity index (χ1v) is 15.2. The maximum absolute atomic E-state index is 13.5. The molecule has 0 unspecified atom stereocenters. The van der Waals surface area contributed by atoms with Crippen molar-refractivity contribution in [3.63, 3.8) is 0 Å². The number of carbonyl (C=O) groups is 1. The van der Waals surface area contributed by atoms with E-state index in [1.807, 2.05) is 22.9 Å². The van der Waals surface area contributed by atoms with Gasteiger partial charge in [0.2, 0.25) is 5.91 Å². The van der Waals surface area contributed by atoms with Crippen LogP contribution in [0.1, 0.15) is 17.5 Å². The molecule has 0 radical (unpaired) electrons. The third kappa shape index (κ3) is 5.47. The minimum absolute atomic E-state index is 0.141. The number of anilines is 3. The molecule has 0 bridgehead atoms. The second kappa shape index (κ2) is 12.0. The number of likely N-dealkylation sites (tertiary alicyclic amines) is 1. The molecule has 0 spiro atoms. The molecule has 5 heterocycles. The van der Waals surface area contributed by atoms with Crippen LogP contribution in [0, 0.1) is 11.7 Å². The third-order valence-electron chi connectivity index (χ3n) is 8.20. The van der Waals surface area contributed by atoms with Gasteiger partial charge in [0, 0.05) is 70.6 Å². The molecule has 1 aromatic carbocycles. The van der Waals surface area contributed by atoms with Crippen molar-refractivity contribution < 1.29 is 19.4 Å². The summed E-state index contributed by atoms with van der Waals surface area (Å²) in [6.07, 6.45) is 2.85. The number of piperazine rings is 1. The van der Waals surface area contributed by atoms with Crippen LogP contribution in [0.25, 0.3) is 16.9 Å². The largest absolute Gasteiger partial charge is 0.396 e. The predicted molar refractivity (Wildman–Crippen MR) is 162 cm³/mol. The number of aromatic nitrogens is 3. The zero-order valence-corrected chi connectivity index (χ0v) is 24.7. The molecule has 4 aromatic rings. The Labute approximate surface area is 248 Å². The first-order chi connectivity index (χ1) is 20.4. The fourth-order valence-electron chi connectivity index (χ4n) is 5.71. The van der Waals surface area contributed by atoms with Crippen LogP contribution in [0.4, 0.5) is 21.0 Å². The summed E-state index contributed by atoms with van der Waals surface area (Å²) in [5.41, 5.74) is 4.27. The van der Waals surface area contributed by atoms with E-state index in [1.165, 1.54) is 23.5 Å². The van der Waals surface area contributed by atoms with E-state index in [-0.39, 0.29) is 30.9 Å². The Kier molecular flexibility index (Phi) is 8.13. The van der Waals surface area contributed by atoms with Gasteiger partial charge in [-0.25, -0.2) is 14.4 Å². The maximum Gasteiger partial charge on any atom is 0.236 e. The van der Waals surface area contributed by atoms with Crippen LogP contribution >= 0.6 is 11.3 Å². The molecule has 12 heteroatoms. The van der Waals surface area contributed by atoms with Crippen molar-refractivity contribution >= 4 is 39.5 Å². The van der Waals surface area contributed by atoms with Crippen LogP contribution in [0.5, 0.6) is 0 Å². The van der Waals surface area contributed by atoms with Crippen LogP contribution in [0.2, 0.25) is 0 Å². The summed E-state index contributed by atoms with van der Waals surface area (Å²) in [5.74, 6) is 0.967. The lowest BCUT2D eigenvalue weighted by atomic mass is 10.0. The number of imidazole rings is 1. The number of amides is 1. The molecule has 222 valence electrons. The second-order valence-electron chi connectivity index (χ2n) is 11.0. The Morgan fingerprint density at radius 3 is 2.48 bits per heavy atom. The lowest BCUT2D eigenvalue weighted by Crippen LogP contribution is -2.56. The summed E-state index contributed by atoms with van der Waals surface area (Å²) in [7, 11) is 1.96. The first-order valence-electron chi connectivity index (χ1n) is 14.4. The van der Waals surface area contributed by atoms with Crippen molar-refractivity contribution in [2.75, 3.05) is 69.3 Å². The number of hydrogen-bond acceptors (Lipinski definition) is 9. The lowest BCUT2D eigenvalue weighted by molar-refractivity contribution is -0.139. The molecule has 3 aromatic heterocycles. The number of hydrogen-bond donors (Lipinski definition) is 2. The van der Waals surface area contributed by atoms with Gasteiger partial charge in [0.25, 0.3) is 0 Å². The Morgan fingerprint density at radius 1 is 1.07 bits per heavy atom. The van der Waals surface area contributed by atoms with Gasteiger partial charge in [0.1, 0.15) is 17.3 Å². The molecule has 2 saturated heterocycles. The van der Waals surface area contributed by atoms with Gasteiger partial charge in [-0.05, 0) is 42.8 Å². The molecule has 2 fully saturated rings. The average Bonchev–Trinajstić information content (AvgIpc) is 3.58. The number of pyridine rings is 1. The van der Waals surface area contributed by atoms with E-state index in [4.69, 9.17) is 9.97 Å². The Balaban J connectivity index is 1.21. The van der Waals surface area contributed by atoms with Crippen LogP contribution in [-0.2, 0) is 17.8 Å². The van der Waals surface area contributed by atoms with E-state index in [0.717, 1.165) is 65.9 Å². The van der Waals surface area contributed by atoms with Gasteiger partial charge in [0.15, 0.2) is 5.13 Å². The smallest absolute Gasteiger partial charge is 0.236 e. The van der Waals surface area contributed by atoms with E-state index < -0.39 is 0 Å². The van der Waals surface area contributed by atoms with Gasteiger partial charge < -0.3 is 24.9 Å². The van der Waals surface area contributed by atoms with E-state index in [0.29, 0.717) is 30.5 Å². The van der Waals surface area contributed by atoms with E-state index in [2.05, 4.69) is 33.4 Å². The van der Waals surface area contributed by atoms with Gasteiger partial charge in [-0.15, -0.1) is 0 Å². The van der Waals surface area contributed by atoms with E-state index in [9.17, 15) is 19.4 Å². The molecule has 42 heavy (non-hydrogen) atoms. The summed E-state index contributed by atoms with van der Waals surface area (Å²) >= 11 is 1.41. The number of halogens is 1. The minimum atomic E-state index is -0.315. The van der Waals surface area contributed by atoms with Crippen LogP contribution in [0.3, 0.4) is 0 Å². The highest BCUT2D eigenvalue weighted by Gasteiger charge is 2.31. The predicted octanol–water partition coefficient (Wildman–Crippen LogP) is 2.99. The number of aliphatic hydroxyl groups is 2. The topological polar surface area (TPSA) is 101 Å². The molecule has 2 N–H and O–H groups in total. The highest BCUT2D eigenvalue weighted by molar-refractivity contribution is 7.16. The van der Waals surface area contributed by atoms with Crippen molar-refractivity contribution in [3.8, 4) is 11.3 Å². The highest BCUT2D eigenvalue weighted by Crippen LogP contribution is 2.37. The Morgan fingerprint density at radius 2 is 1.81 bits per heavy atom. The number of benzene rings is 1. The Hall–Kier alpha value is -3.58. The molecule has 0 atom stereocenters. The van der Waals surface area contributed by atoms with Crippen molar-refractivity contribution in [1.29, 1.82) is 0 Å². The quantitative estimate of drug-likeness (QED) is 0.306. The SMILES string of the molecule is CCc1nc2ccc(N3CCN(CC(=O)N4CC(CO)C4)CC3)cn2c1N(C)c1nc(-c2ccc(F)cc2)c(CO)s1. The number of fused-ring (bicyclic) bond motifs is 1. The zero-order chi connectivity index (χ0) is 29.4. The van der Waals surface area contributed by atoms with Crippen molar-refractivity contribution in [2.24, 2.45) is 5.92 Å². The van der Waals surface area contributed by atoms with E-state index in [1.54, 1.807) is 12.1 Å². The summed E-state index contributed by atoms with van der Waals surface area (Å²) in [6, 6.07) is 10.3. The van der Waals surface area contributed by atoms with Gasteiger partial charge >= 0.3 is 0 Å². The third-order valence-corrected chi connectivity index (χ3v) is 9.31. The van der Waals surface area contributed by atoms with Gasteiger partial charge in [-0.2, -0.15) is 0 Å². The number of nitrogens with zero attached hydrogens (tertiary/aromatic N) is 7. The number of rotatable bonds is 9. The average molecular weight is 594 g/mol. The molecule has 0 saturated carbocycles. The highest BCUT2D eigenvalue weighted by atomic mass is 32.1. The van der Waals surface area contributed by atoms with Gasteiger partial charge in [-0.1, -0.05) is 18.3 Å². The normalized spacial score (nSPS) is 16.3. The molecule has 2 aliphatic heterocycles. The molecular formula is C30H36FN7O3S. The Bertz CT molecular complexity index is 1560. The van der Waals surface area contributed by atoms with Crippen LogP contribution < -0.4 is 9.80 Å². The molecule has 10 nitrogen and oxygen atoms in total. The summed E-state index contributed by atoms with van der Waals surface area (Å²) in [4.78, 5) is 31.4. The fourth-order valence-corrected chi connectivity index (χ4v) is 6.61. The molecule has 0 aliphatic carbocycles. The van der Waals surface area contributed by atoms with Crippen LogP contribution in [-0.4, -0.2) is 99.8 Å². The minimum Gasteiger partial charge on any atom is -0.396 e. The molecule has 1 amide bonds. The van der Waals surface area contributed by atoms with Crippen molar-refractivity contribution in [1.82, 2.24) is 24.2 Å². The molecule has 2 aliphatic rings. The number of thiazole rings is 1.